The van der Waals surface area contributed by atoms with Crippen LogP contribution in [0.15, 0.2) is 0 Å². The number of hydrogen-bond donors (Lipinski definition) is 0. The molecule has 1 heteroatoms. The summed E-state index contributed by atoms with van der Waals surface area (Å²) in [7, 11) is 0. The fraction of sp³-hybridized carbons (Fsp3) is 0.0500. The second-order valence-electron chi connectivity index (χ2n) is 2.49. The lowest BCUT2D eigenvalue weighted by Gasteiger charge is -1.56. The van der Waals surface area contributed by atoms with Crippen LogP contribution in [0.2, 0.25) is 0 Å². The summed E-state index contributed by atoms with van der Waals surface area (Å²) in [6.07, 6.45) is 0. The van der Waals surface area contributed by atoms with Crippen molar-refractivity contribution in [1.29, 1.82) is 5.26 Å². The van der Waals surface area contributed by atoms with Crippen LogP contribution in [0, 0.1) is 118 Å². The zero-order valence-corrected chi connectivity index (χ0v) is 10.9. The van der Waals surface area contributed by atoms with E-state index in [-0.39, 0.29) is 0 Å². The van der Waals surface area contributed by atoms with Gasteiger partial charge in [-0.25, -0.2) is 0 Å². The quantitative estimate of drug-likeness (QED) is 0.582. The molecule has 0 saturated heterocycles. The van der Waals surface area contributed by atoms with Crippen molar-refractivity contribution in [2.45, 2.75) is 6.92 Å². The molecule has 0 spiro atoms. The summed E-state index contributed by atoms with van der Waals surface area (Å²) >= 11 is 0. The Morgan fingerprint density at radius 2 is 0.619 bits per heavy atom. The molecule has 0 aromatic carbocycles. The molecule has 0 amide bonds. The molecular formula is C20H3N. The van der Waals surface area contributed by atoms with Crippen LogP contribution in [-0.2, 0) is 0 Å². The molecule has 0 radical (unpaired) electrons. The molecule has 0 aliphatic rings. The van der Waals surface area contributed by atoms with Gasteiger partial charge in [-0.1, -0.05) is 5.92 Å². The number of rotatable bonds is 0. The molecule has 0 bridgehead atoms. The SMILES string of the molecule is CC#CC#CC#CC#CC#CC#CC#CC#CC#CC#N. The van der Waals surface area contributed by atoms with Crippen LogP contribution in [0.3, 0.4) is 0 Å². The van der Waals surface area contributed by atoms with E-state index in [1.165, 1.54) is 0 Å². The lowest BCUT2D eigenvalue weighted by Crippen LogP contribution is -1.56. The van der Waals surface area contributed by atoms with E-state index in [0.29, 0.717) is 0 Å². The third-order valence-electron chi connectivity index (χ3n) is 1.18. The van der Waals surface area contributed by atoms with Crippen LogP contribution in [0.5, 0.6) is 0 Å². The van der Waals surface area contributed by atoms with E-state index in [1.54, 1.807) is 13.0 Å². The van der Waals surface area contributed by atoms with Crippen LogP contribution in [0.25, 0.3) is 0 Å². The first-order valence-electron chi connectivity index (χ1n) is 5.22. The molecule has 0 aliphatic heterocycles. The van der Waals surface area contributed by atoms with Gasteiger partial charge in [0.05, 0.1) is 0 Å². The predicted molar refractivity (Wildman–Crippen MR) is 81.3 cm³/mol. The Labute approximate surface area is 125 Å². The van der Waals surface area contributed by atoms with Gasteiger partial charge in [-0.05, 0) is 54.3 Å². The van der Waals surface area contributed by atoms with Gasteiger partial charge in [-0.15, -0.1) is 0 Å². The molecule has 0 aliphatic carbocycles. The molecule has 0 N–H and O–H groups in total. The minimum atomic E-state index is 1.63. The zero-order valence-electron chi connectivity index (χ0n) is 10.9. The second-order valence-corrected chi connectivity index (χ2v) is 2.49. The smallest absolute Gasteiger partial charge is 0.153 e. The third-order valence-corrected chi connectivity index (χ3v) is 1.18. The molecule has 0 fully saturated rings. The van der Waals surface area contributed by atoms with E-state index in [2.05, 4.69) is 107 Å². The third kappa shape index (κ3) is 15.5. The van der Waals surface area contributed by atoms with Gasteiger partial charge in [0.15, 0.2) is 6.07 Å². The lowest BCUT2D eigenvalue weighted by molar-refractivity contribution is 1.55. The Balaban J connectivity index is 4.35. The Morgan fingerprint density at radius 1 is 0.381 bits per heavy atom. The van der Waals surface area contributed by atoms with Crippen molar-refractivity contribution in [3.8, 4) is 113 Å². The minimum absolute atomic E-state index is 1.63. The van der Waals surface area contributed by atoms with Crippen molar-refractivity contribution in [2.24, 2.45) is 0 Å². The standard InChI is InChI=1S/C20H3N/c1-2-3-4-5-6-7-8-9-10-11-12-13-14-15-16-17-18-19-20-21/h1H3. The highest BCUT2D eigenvalue weighted by atomic mass is 14.2. The highest BCUT2D eigenvalue weighted by molar-refractivity contribution is 5.46. The normalized spacial score (nSPS) is 3.81. The van der Waals surface area contributed by atoms with Crippen molar-refractivity contribution in [1.82, 2.24) is 0 Å². The summed E-state index contributed by atoms with van der Waals surface area (Å²) in [6, 6.07) is 1.63. The Hall–Kier alpha value is -4.47. The molecule has 0 aromatic rings. The second kappa shape index (κ2) is 15.5. The number of hydrogen-bond acceptors (Lipinski definition) is 1. The fourth-order valence-electron chi connectivity index (χ4n) is 0.559. The van der Waals surface area contributed by atoms with Crippen LogP contribution in [0.4, 0.5) is 0 Å². The lowest BCUT2D eigenvalue weighted by atomic mass is 10.5. The monoisotopic (exact) mass is 257 g/mol. The van der Waals surface area contributed by atoms with Crippen molar-refractivity contribution >= 4 is 0 Å². The van der Waals surface area contributed by atoms with Crippen LogP contribution in [0.1, 0.15) is 6.92 Å². The van der Waals surface area contributed by atoms with Crippen LogP contribution in [-0.4, -0.2) is 0 Å². The molecule has 0 saturated carbocycles. The Bertz CT molecular complexity index is 989. The summed E-state index contributed by atoms with van der Waals surface area (Å²) in [5.41, 5.74) is 0. The van der Waals surface area contributed by atoms with E-state index in [1.807, 2.05) is 0 Å². The van der Waals surface area contributed by atoms with E-state index >= 15 is 0 Å². The molecule has 88 valence electrons. The summed E-state index contributed by atoms with van der Waals surface area (Å²) in [5.74, 6) is 44.1. The average molecular weight is 257 g/mol. The van der Waals surface area contributed by atoms with Gasteiger partial charge in [0, 0.05) is 53.3 Å². The molecule has 21 heavy (non-hydrogen) atoms. The topological polar surface area (TPSA) is 23.8 Å². The van der Waals surface area contributed by atoms with Crippen LogP contribution < -0.4 is 0 Å². The van der Waals surface area contributed by atoms with Crippen molar-refractivity contribution in [3.05, 3.63) is 0 Å². The summed E-state index contributed by atoms with van der Waals surface area (Å²) in [5, 5.41) is 8.10. The minimum Gasteiger partial charge on any atom is -0.183 e. The molecular weight excluding hydrogens is 254 g/mol. The van der Waals surface area contributed by atoms with Crippen molar-refractivity contribution < 1.29 is 0 Å². The van der Waals surface area contributed by atoms with Gasteiger partial charge >= 0.3 is 0 Å². The first-order valence-corrected chi connectivity index (χ1v) is 5.22. The maximum Gasteiger partial charge on any atom is 0.153 e. The van der Waals surface area contributed by atoms with Gasteiger partial charge in [0.1, 0.15) is 0 Å². The highest BCUT2D eigenvalue weighted by Gasteiger charge is 1.58. The van der Waals surface area contributed by atoms with Crippen LogP contribution >= 0.6 is 0 Å². The zero-order chi connectivity index (χ0) is 15.4. The maximum absolute atomic E-state index is 8.10. The number of nitriles is 1. The molecule has 0 atom stereocenters. The van der Waals surface area contributed by atoms with E-state index < -0.39 is 0 Å². The van der Waals surface area contributed by atoms with Gasteiger partial charge < -0.3 is 0 Å². The average Bonchev–Trinajstić information content (AvgIpc) is 2.50. The number of nitrogens with zero attached hydrogens (tertiary/aromatic N) is 1. The van der Waals surface area contributed by atoms with Gasteiger partial charge in [-0.3, -0.25) is 0 Å². The predicted octanol–water partition coefficient (Wildman–Crippen LogP) is 0.560. The van der Waals surface area contributed by atoms with E-state index in [0.717, 1.165) is 0 Å². The molecule has 0 heterocycles. The largest absolute Gasteiger partial charge is 0.183 e. The van der Waals surface area contributed by atoms with Gasteiger partial charge in [0.25, 0.3) is 0 Å². The fourth-order valence-corrected chi connectivity index (χ4v) is 0.559. The Kier molecular flexibility index (Phi) is 12.2. The van der Waals surface area contributed by atoms with Gasteiger partial charge in [0.2, 0.25) is 0 Å². The summed E-state index contributed by atoms with van der Waals surface area (Å²) in [6.45, 7) is 1.69. The first-order chi connectivity index (χ1) is 10.4. The van der Waals surface area contributed by atoms with Crippen molar-refractivity contribution in [3.63, 3.8) is 0 Å². The van der Waals surface area contributed by atoms with Crippen molar-refractivity contribution in [2.75, 3.05) is 0 Å². The first kappa shape index (κ1) is 16.5. The van der Waals surface area contributed by atoms with Gasteiger partial charge in [-0.2, -0.15) is 5.26 Å². The highest BCUT2D eigenvalue weighted by Crippen LogP contribution is 1.58. The van der Waals surface area contributed by atoms with E-state index in [9.17, 15) is 0 Å². The molecule has 0 rings (SSSR count). The molecule has 1 nitrogen and oxygen atoms in total. The molecule has 0 unspecified atom stereocenters. The van der Waals surface area contributed by atoms with E-state index in [4.69, 9.17) is 5.26 Å². The maximum atomic E-state index is 8.10. The molecule has 0 aromatic heterocycles. The summed E-state index contributed by atoms with van der Waals surface area (Å²) in [4.78, 5) is 0. The summed E-state index contributed by atoms with van der Waals surface area (Å²) < 4.78 is 0. The Morgan fingerprint density at radius 3 is 0.857 bits per heavy atom.